The second kappa shape index (κ2) is 9.20. The molecule has 0 aliphatic heterocycles. The van der Waals surface area contributed by atoms with Crippen molar-refractivity contribution in [2.45, 2.75) is 39.2 Å². The van der Waals surface area contributed by atoms with Crippen LogP contribution in [0.4, 0.5) is 0 Å². The Labute approximate surface area is 105 Å². The third kappa shape index (κ3) is 5.85. The van der Waals surface area contributed by atoms with Gasteiger partial charge in [-0.3, -0.25) is 0 Å². The summed E-state index contributed by atoms with van der Waals surface area (Å²) >= 11 is 0. The van der Waals surface area contributed by atoms with E-state index in [0.29, 0.717) is 0 Å². The van der Waals surface area contributed by atoms with Crippen LogP contribution in [0.15, 0.2) is 24.3 Å². The van der Waals surface area contributed by atoms with Crippen molar-refractivity contribution in [3.63, 3.8) is 0 Å². The summed E-state index contributed by atoms with van der Waals surface area (Å²) in [6, 6.07) is 8.58. The molecule has 0 bridgehead atoms. The van der Waals surface area contributed by atoms with Gasteiger partial charge in [-0.15, -0.1) is 0 Å². The van der Waals surface area contributed by atoms with Gasteiger partial charge in [0.05, 0.1) is 6.61 Å². The zero-order valence-corrected chi connectivity index (χ0v) is 11.2. The third-order valence-electron chi connectivity index (χ3n) is 2.89. The van der Waals surface area contributed by atoms with E-state index in [1.54, 1.807) is 7.11 Å². The van der Waals surface area contributed by atoms with E-state index < -0.39 is 0 Å². The molecular weight excluding hydrogens is 210 g/mol. The van der Waals surface area contributed by atoms with Crippen LogP contribution in [0.5, 0.6) is 0 Å². The van der Waals surface area contributed by atoms with Crippen LogP contribution in [0.1, 0.15) is 37.3 Å². The van der Waals surface area contributed by atoms with Crippen molar-refractivity contribution in [2.75, 3.05) is 20.2 Å². The second-order valence-electron chi connectivity index (χ2n) is 4.41. The van der Waals surface area contributed by atoms with Crippen molar-refractivity contribution in [1.29, 1.82) is 0 Å². The lowest BCUT2D eigenvalue weighted by Gasteiger charge is -2.08. The van der Waals surface area contributed by atoms with Gasteiger partial charge in [0.25, 0.3) is 0 Å². The molecule has 0 amide bonds. The number of hydrogen-bond acceptors (Lipinski definition) is 2. The first-order chi connectivity index (χ1) is 8.38. The standard InChI is InChI=1S/C15H25NO/c1-3-11-16-12-7-6-9-14-8-4-5-10-15(14)13-17-2/h4-5,8,10,16H,3,6-7,9,11-13H2,1-2H3. The fourth-order valence-electron chi connectivity index (χ4n) is 1.96. The zero-order valence-electron chi connectivity index (χ0n) is 11.2. The Morgan fingerprint density at radius 2 is 1.82 bits per heavy atom. The number of aryl methyl sites for hydroxylation is 1. The minimum atomic E-state index is 0.726. The lowest BCUT2D eigenvalue weighted by atomic mass is 10.0. The normalized spacial score (nSPS) is 10.7. The maximum atomic E-state index is 5.22. The molecule has 1 N–H and O–H groups in total. The van der Waals surface area contributed by atoms with Crippen LogP contribution in [0, 0.1) is 0 Å². The highest BCUT2D eigenvalue weighted by molar-refractivity contribution is 5.26. The number of unbranched alkanes of at least 4 members (excludes halogenated alkanes) is 1. The molecule has 2 nitrogen and oxygen atoms in total. The Balaban J connectivity index is 2.25. The van der Waals surface area contributed by atoms with E-state index in [4.69, 9.17) is 4.74 Å². The molecule has 0 saturated heterocycles. The smallest absolute Gasteiger partial charge is 0.0715 e. The Morgan fingerprint density at radius 1 is 1.06 bits per heavy atom. The summed E-state index contributed by atoms with van der Waals surface area (Å²) in [7, 11) is 1.76. The first kappa shape index (κ1) is 14.2. The molecule has 0 spiro atoms. The van der Waals surface area contributed by atoms with Gasteiger partial charge in [0.2, 0.25) is 0 Å². The van der Waals surface area contributed by atoms with Crippen LogP contribution in [0.3, 0.4) is 0 Å². The summed E-state index contributed by atoms with van der Waals surface area (Å²) in [4.78, 5) is 0. The van der Waals surface area contributed by atoms with Crippen LogP contribution < -0.4 is 5.32 Å². The third-order valence-corrected chi connectivity index (χ3v) is 2.89. The summed E-state index contributed by atoms with van der Waals surface area (Å²) in [5.41, 5.74) is 2.77. The minimum Gasteiger partial charge on any atom is -0.380 e. The monoisotopic (exact) mass is 235 g/mol. The Morgan fingerprint density at radius 3 is 2.53 bits per heavy atom. The average Bonchev–Trinajstić information content (AvgIpc) is 2.36. The summed E-state index contributed by atoms with van der Waals surface area (Å²) < 4.78 is 5.22. The van der Waals surface area contributed by atoms with Crippen molar-refractivity contribution in [3.05, 3.63) is 35.4 Å². The molecule has 0 saturated carbocycles. The SMILES string of the molecule is CCCNCCCCc1ccccc1COC. The van der Waals surface area contributed by atoms with Gasteiger partial charge < -0.3 is 10.1 Å². The Kier molecular flexibility index (Phi) is 7.69. The van der Waals surface area contributed by atoms with Crippen LogP contribution in [0.25, 0.3) is 0 Å². The fraction of sp³-hybridized carbons (Fsp3) is 0.600. The van der Waals surface area contributed by atoms with E-state index in [2.05, 4.69) is 36.5 Å². The molecule has 0 aromatic heterocycles. The summed E-state index contributed by atoms with van der Waals surface area (Å²) in [6.07, 6.45) is 4.88. The van der Waals surface area contributed by atoms with Crippen molar-refractivity contribution in [1.82, 2.24) is 5.32 Å². The number of hydrogen-bond donors (Lipinski definition) is 1. The molecule has 0 aliphatic carbocycles. The number of rotatable bonds is 9. The lowest BCUT2D eigenvalue weighted by molar-refractivity contribution is 0.184. The zero-order chi connectivity index (χ0) is 12.3. The molecule has 0 radical (unpaired) electrons. The van der Waals surface area contributed by atoms with E-state index in [9.17, 15) is 0 Å². The number of ether oxygens (including phenoxy) is 1. The highest BCUT2D eigenvalue weighted by Crippen LogP contribution is 2.12. The highest BCUT2D eigenvalue weighted by atomic mass is 16.5. The first-order valence-electron chi connectivity index (χ1n) is 6.65. The van der Waals surface area contributed by atoms with Gasteiger partial charge in [0.15, 0.2) is 0 Å². The number of nitrogens with one attached hydrogen (secondary N) is 1. The molecular formula is C15H25NO. The van der Waals surface area contributed by atoms with Crippen molar-refractivity contribution in [2.24, 2.45) is 0 Å². The van der Waals surface area contributed by atoms with Crippen LogP contribution >= 0.6 is 0 Å². The Hall–Kier alpha value is -0.860. The Bertz CT molecular complexity index is 299. The van der Waals surface area contributed by atoms with Gasteiger partial charge >= 0.3 is 0 Å². The quantitative estimate of drug-likeness (QED) is 0.664. The fourth-order valence-corrected chi connectivity index (χ4v) is 1.96. The van der Waals surface area contributed by atoms with Crippen LogP contribution in [0.2, 0.25) is 0 Å². The molecule has 0 unspecified atom stereocenters. The largest absolute Gasteiger partial charge is 0.380 e. The average molecular weight is 235 g/mol. The molecule has 96 valence electrons. The maximum Gasteiger partial charge on any atom is 0.0715 e. The number of benzene rings is 1. The summed E-state index contributed by atoms with van der Waals surface area (Å²) in [5, 5.41) is 3.44. The first-order valence-corrected chi connectivity index (χ1v) is 6.65. The van der Waals surface area contributed by atoms with Gasteiger partial charge in [-0.25, -0.2) is 0 Å². The minimum absolute atomic E-state index is 0.726. The topological polar surface area (TPSA) is 21.3 Å². The molecule has 0 atom stereocenters. The van der Waals surface area contributed by atoms with Gasteiger partial charge in [-0.05, 0) is 49.9 Å². The van der Waals surface area contributed by atoms with E-state index in [0.717, 1.165) is 26.1 Å². The van der Waals surface area contributed by atoms with Crippen molar-refractivity contribution >= 4 is 0 Å². The van der Waals surface area contributed by atoms with Gasteiger partial charge in [0, 0.05) is 7.11 Å². The van der Waals surface area contributed by atoms with Gasteiger partial charge in [-0.2, -0.15) is 0 Å². The molecule has 1 aromatic rings. The molecule has 1 rings (SSSR count). The summed E-state index contributed by atoms with van der Waals surface area (Å²) in [6.45, 7) is 5.21. The highest BCUT2D eigenvalue weighted by Gasteiger charge is 2.00. The van der Waals surface area contributed by atoms with Gasteiger partial charge in [-0.1, -0.05) is 31.2 Å². The lowest BCUT2D eigenvalue weighted by Crippen LogP contribution is -2.15. The molecule has 2 heteroatoms. The molecule has 1 aromatic carbocycles. The van der Waals surface area contributed by atoms with E-state index >= 15 is 0 Å². The van der Waals surface area contributed by atoms with Crippen LogP contribution in [-0.2, 0) is 17.8 Å². The summed E-state index contributed by atoms with van der Waals surface area (Å²) in [5.74, 6) is 0. The molecule has 0 aliphatic rings. The second-order valence-corrected chi connectivity index (χ2v) is 4.41. The molecule has 0 heterocycles. The van der Waals surface area contributed by atoms with E-state index in [-0.39, 0.29) is 0 Å². The van der Waals surface area contributed by atoms with E-state index in [1.807, 2.05) is 0 Å². The predicted molar refractivity (Wildman–Crippen MR) is 73.3 cm³/mol. The van der Waals surface area contributed by atoms with Crippen LogP contribution in [-0.4, -0.2) is 20.2 Å². The van der Waals surface area contributed by atoms with Gasteiger partial charge in [0.1, 0.15) is 0 Å². The van der Waals surface area contributed by atoms with Crippen molar-refractivity contribution in [3.8, 4) is 0 Å². The number of methoxy groups -OCH3 is 1. The van der Waals surface area contributed by atoms with E-state index in [1.165, 1.54) is 30.4 Å². The molecule has 0 fully saturated rings. The molecule has 17 heavy (non-hydrogen) atoms. The maximum absolute atomic E-state index is 5.22. The van der Waals surface area contributed by atoms with Crippen molar-refractivity contribution < 1.29 is 4.74 Å². The predicted octanol–water partition coefficient (Wildman–Crippen LogP) is 3.16.